The first kappa shape index (κ1) is 18.6. The van der Waals surface area contributed by atoms with Crippen molar-refractivity contribution < 1.29 is 13.2 Å². The van der Waals surface area contributed by atoms with Gasteiger partial charge in [0, 0.05) is 26.3 Å². The Balaban J connectivity index is 1.98. The minimum absolute atomic E-state index is 0.122. The lowest BCUT2D eigenvalue weighted by Gasteiger charge is -2.13. The van der Waals surface area contributed by atoms with E-state index in [0.717, 1.165) is 11.3 Å². The van der Waals surface area contributed by atoms with Gasteiger partial charge in [0.25, 0.3) is 0 Å². The summed E-state index contributed by atoms with van der Waals surface area (Å²) in [7, 11) is 1.83. The van der Waals surface area contributed by atoms with Crippen LogP contribution in [0, 0.1) is 0 Å². The lowest BCUT2D eigenvalue weighted by Crippen LogP contribution is -2.26. The van der Waals surface area contributed by atoms with Crippen LogP contribution in [0.25, 0.3) is 0 Å². The molecule has 5 nitrogen and oxygen atoms in total. The SMILES string of the molecule is COc1ccc(S(=O)(=O)NCCc2ccc(N(C)C)cc2)cc1Cl. The molecular weight excluding hydrogens is 348 g/mol. The van der Waals surface area contributed by atoms with Crippen molar-refractivity contribution in [3.8, 4) is 5.75 Å². The molecule has 2 aromatic rings. The van der Waals surface area contributed by atoms with Crippen LogP contribution in [0.4, 0.5) is 5.69 Å². The monoisotopic (exact) mass is 368 g/mol. The summed E-state index contributed by atoms with van der Waals surface area (Å²) in [5.41, 5.74) is 2.17. The van der Waals surface area contributed by atoms with E-state index in [2.05, 4.69) is 4.72 Å². The smallest absolute Gasteiger partial charge is 0.240 e. The molecule has 0 fully saturated rings. The van der Waals surface area contributed by atoms with E-state index in [1.165, 1.54) is 25.3 Å². The second kappa shape index (κ2) is 7.88. The van der Waals surface area contributed by atoms with Gasteiger partial charge in [0.15, 0.2) is 0 Å². The number of anilines is 1. The van der Waals surface area contributed by atoms with Crippen LogP contribution in [-0.2, 0) is 16.4 Å². The Kier molecular flexibility index (Phi) is 6.10. The highest BCUT2D eigenvalue weighted by atomic mass is 35.5. The molecule has 0 bridgehead atoms. The van der Waals surface area contributed by atoms with Gasteiger partial charge in [0.1, 0.15) is 5.75 Å². The lowest BCUT2D eigenvalue weighted by molar-refractivity contribution is 0.414. The van der Waals surface area contributed by atoms with E-state index in [4.69, 9.17) is 16.3 Å². The van der Waals surface area contributed by atoms with Crippen molar-refractivity contribution in [1.82, 2.24) is 4.72 Å². The summed E-state index contributed by atoms with van der Waals surface area (Å²) in [5.74, 6) is 0.441. The minimum atomic E-state index is -3.60. The van der Waals surface area contributed by atoms with Crippen LogP contribution < -0.4 is 14.4 Å². The Labute approximate surface area is 148 Å². The molecular formula is C17H21ClN2O3S. The van der Waals surface area contributed by atoms with Gasteiger partial charge in [-0.1, -0.05) is 23.7 Å². The summed E-state index contributed by atoms with van der Waals surface area (Å²) in [5, 5.41) is 0.264. The number of sulfonamides is 1. The van der Waals surface area contributed by atoms with E-state index >= 15 is 0 Å². The third-order valence-electron chi connectivity index (χ3n) is 3.59. The van der Waals surface area contributed by atoms with Crippen LogP contribution in [0.2, 0.25) is 5.02 Å². The van der Waals surface area contributed by atoms with Crippen molar-refractivity contribution in [2.24, 2.45) is 0 Å². The summed E-state index contributed by atoms with van der Waals surface area (Å²) in [6.07, 6.45) is 0.608. The zero-order valence-corrected chi connectivity index (χ0v) is 15.5. The Bertz CT molecular complexity index is 790. The van der Waals surface area contributed by atoms with Gasteiger partial charge in [-0.3, -0.25) is 0 Å². The van der Waals surface area contributed by atoms with Crippen molar-refractivity contribution in [3.05, 3.63) is 53.1 Å². The maximum Gasteiger partial charge on any atom is 0.240 e. The fraction of sp³-hybridized carbons (Fsp3) is 0.294. The average Bonchev–Trinajstić information content (AvgIpc) is 2.55. The second-order valence-electron chi connectivity index (χ2n) is 5.51. The van der Waals surface area contributed by atoms with Gasteiger partial charge in [-0.25, -0.2) is 13.1 Å². The Morgan fingerprint density at radius 2 is 1.79 bits per heavy atom. The first-order valence-corrected chi connectivity index (χ1v) is 9.29. The molecule has 0 radical (unpaired) electrons. The summed E-state index contributed by atoms with van der Waals surface area (Å²) >= 11 is 5.98. The number of hydrogen-bond donors (Lipinski definition) is 1. The molecule has 2 rings (SSSR count). The van der Waals surface area contributed by atoms with Gasteiger partial charge < -0.3 is 9.64 Å². The van der Waals surface area contributed by atoms with Crippen LogP contribution in [0.1, 0.15) is 5.56 Å². The molecule has 130 valence electrons. The summed E-state index contributed by atoms with van der Waals surface area (Å²) in [6, 6.07) is 12.4. The molecule has 7 heteroatoms. The maximum absolute atomic E-state index is 12.3. The maximum atomic E-state index is 12.3. The molecule has 24 heavy (non-hydrogen) atoms. The van der Waals surface area contributed by atoms with E-state index in [9.17, 15) is 8.42 Å². The van der Waals surface area contributed by atoms with E-state index in [-0.39, 0.29) is 9.92 Å². The first-order chi connectivity index (χ1) is 11.3. The molecule has 1 N–H and O–H groups in total. The normalized spacial score (nSPS) is 11.3. The van der Waals surface area contributed by atoms with Crippen LogP contribution in [0.15, 0.2) is 47.4 Å². The molecule has 0 heterocycles. The summed E-state index contributed by atoms with van der Waals surface area (Å²) < 4.78 is 32.2. The van der Waals surface area contributed by atoms with Gasteiger partial charge >= 0.3 is 0 Å². The number of halogens is 1. The molecule has 0 spiro atoms. The van der Waals surface area contributed by atoms with Gasteiger partial charge in [-0.2, -0.15) is 0 Å². The molecule has 0 amide bonds. The van der Waals surface area contributed by atoms with Crippen molar-refractivity contribution in [2.75, 3.05) is 32.6 Å². The summed E-state index contributed by atoms with van der Waals surface area (Å²) in [6.45, 7) is 0.313. The lowest BCUT2D eigenvalue weighted by atomic mass is 10.1. The number of rotatable bonds is 7. The number of methoxy groups -OCH3 is 1. The topological polar surface area (TPSA) is 58.6 Å². The fourth-order valence-electron chi connectivity index (χ4n) is 2.19. The molecule has 0 aliphatic carbocycles. The van der Waals surface area contributed by atoms with Gasteiger partial charge in [-0.05, 0) is 42.3 Å². The van der Waals surface area contributed by atoms with E-state index < -0.39 is 10.0 Å². The van der Waals surface area contributed by atoms with E-state index in [1.54, 1.807) is 0 Å². The largest absolute Gasteiger partial charge is 0.495 e. The molecule has 0 saturated carbocycles. The zero-order valence-electron chi connectivity index (χ0n) is 13.9. The van der Waals surface area contributed by atoms with Gasteiger partial charge in [0.2, 0.25) is 10.0 Å². The van der Waals surface area contributed by atoms with Crippen molar-refractivity contribution in [2.45, 2.75) is 11.3 Å². The van der Waals surface area contributed by atoms with Crippen LogP contribution in [0.3, 0.4) is 0 Å². The number of nitrogens with zero attached hydrogens (tertiary/aromatic N) is 1. The molecule has 0 aliphatic heterocycles. The Morgan fingerprint density at radius 1 is 1.12 bits per heavy atom. The fourth-order valence-corrected chi connectivity index (χ4v) is 3.57. The van der Waals surface area contributed by atoms with Gasteiger partial charge in [0.05, 0.1) is 17.0 Å². The van der Waals surface area contributed by atoms with Crippen LogP contribution >= 0.6 is 11.6 Å². The number of ether oxygens (including phenoxy) is 1. The number of benzene rings is 2. The molecule has 0 unspecified atom stereocenters. The molecule has 2 aromatic carbocycles. The molecule has 0 saturated heterocycles. The first-order valence-electron chi connectivity index (χ1n) is 7.43. The standard InChI is InChI=1S/C17H21ClN2O3S/c1-20(2)14-6-4-13(5-7-14)10-11-19-24(21,22)15-8-9-17(23-3)16(18)12-15/h4-9,12,19H,10-11H2,1-3H3. The Hall–Kier alpha value is -1.76. The van der Waals surface area contributed by atoms with Crippen molar-refractivity contribution >= 4 is 27.3 Å². The highest BCUT2D eigenvalue weighted by Gasteiger charge is 2.15. The molecule has 0 atom stereocenters. The average molecular weight is 369 g/mol. The number of nitrogens with one attached hydrogen (secondary N) is 1. The van der Waals surface area contributed by atoms with E-state index in [1.807, 2.05) is 43.3 Å². The molecule has 0 aromatic heterocycles. The summed E-state index contributed by atoms with van der Waals surface area (Å²) in [4.78, 5) is 2.14. The van der Waals surface area contributed by atoms with Crippen molar-refractivity contribution in [3.63, 3.8) is 0 Å². The highest BCUT2D eigenvalue weighted by Crippen LogP contribution is 2.26. The second-order valence-corrected chi connectivity index (χ2v) is 7.68. The van der Waals surface area contributed by atoms with E-state index in [0.29, 0.717) is 18.7 Å². The zero-order chi connectivity index (χ0) is 17.7. The Morgan fingerprint density at radius 3 is 2.33 bits per heavy atom. The van der Waals surface area contributed by atoms with Crippen molar-refractivity contribution in [1.29, 1.82) is 0 Å². The van der Waals surface area contributed by atoms with Crippen LogP contribution in [-0.4, -0.2) is 36.2 Å². The predicted molar refractivity (Wildman–Crippen MR) is 97.7 cm³/mol. The molecule has 0 aliphatic rings. The quantitative estimate of drug-likeness (QED) is 0.816. The highest BCUT2D eigenvalue weighted by molar-refractivity contribution is 7.89. The minimum Gasteiger partial charge on any atom is -0.495 e. The third kappa shape index (κ3) is 4.63. The third-order valence-corrected chi connectivity index (χ3v) is 5.35. The predicted octanol–water partition coefficient (Wildman–Crippen LogP) is 2.94. The van der Waals surface area contributed by atoms with Gasteiger partial charge in [-0.15, -0.1) is 0 Å². The van der Waals surface area contributed by atoms with Crippen LogP contribution in [0.5, 0.6) is 5.75 Å². The number of hydrogen-bond acceptors (Lipinski definition) is 4.